The molecule has 4 nitrogen and oxygen atoms in total. The Balaban J connectivity index is 2.91. The van der Waals surface area contributed by atoms with Gasteiger partial charge in [0.15, 0.2) is 11.9 Å². The summed E-state index contributed by atoms with van der Waals surface area (Å²) in [5.74, 6) is 0.490. The third kappa shape index (κ3) is 1.42. The van der Waals surface area contributed by atoms with E-state index < -0.39 is 6.10 Å². The number of rotatable bonds is 1. The van der Waals surface area contributed by atoms with Crippen molar-refractivity contribution >= 4 is 5.84 Å². The highest BCUT2D eigenvalue weighted by Crippen LogP contribution is 2.20. The fourth-order valence-electron chi connectivity index (χ4n) is 1.02. The van der Waals surface area contributed by atoms with Crippen LogP contribution in [-0.4, -0.2) is 17.0 Å². The number of aliphatic hydroxyl groups excluding tert-OH is 1. The Labute approximate surface area is 70.8 Å². The second-order valence-electron chi connectivity index (χ2n) is 2.75. The van der Waals surface area contributed by atoms with Gasteiger partial charge in [-0.05, 0) is 25.5 Å². The van der Waals surface area contributed by atoms with Crippen molar-refractivity contribution in [3.8, 4) is 0 Å². The van der Waals surface area contributed by atoms with Crippen LogP contribution in [0, 0.1) is 5.41 Å². The Kier molecular flexibility index (Phi) is 2.08. The maximum atomic E-state index is 9.32. The van der Waals surface area contributed by atoms with Crippen molar-refractivity contribution < 1.29 is 9.84 Å². The Morgan fingerprint density at radius 1 is 1.67 bits per heavy atom. The van der Waals surface area contributed by atoms with Crippen molar-refractivity contribution in [2.24, 2.45) is 5.73 Å². The molecule has 1 rings (SSSR count). The molecule has 66 valence electrons. The van der Waals surface area contributed by atoms with E-state index in [2.05, 4.69) is 0 Å². The number of hydrogen-bond acceptors (Lipinski definition) is 3. The molecule has 1 aliphatic rings. The summed E-state index contributed by atoms with van der Waals surface area (Å²) in [4.78, 5) is 0. The molecule has 0 fully saturated rings. The molecule has 0 aromatic carbocycles. The molecule has 0 bridgehead atoms. The minimum atomic E-state index is -0.527. The lowest BCUT2D eigenvalue weighted by Gasteiger charge is -2.21. The smallest absolute Gasteiger partial charge is 0.173 e. The van der Waals surface area contributed by atoms with Gasteiger partial charge in [-0.3, -0.25) is 5.41 Å². The molecule has 1 heterocycles. The summed E-state index contributed by atoms with van der Waals surface area (Å²) in [6.07, 6.45) is 1.09. The Morgan fingerprint density at radius 2 is 2.25 bits per heavy atom. The maximum absolute atomic E-state index is 9.32. The second kappa shape index (κ2) is 2.89. The van der Waals surface area contributed by atoms with E-state index in [1.54, 1.807) is 19.9 Å². The summed E-state index contributed by atoms with van der Waals surface area (Å²) in [6, 6.07) is 0. The predicted molar refractivity (Wildman–Crippen MR) is 45.9 cm³/mol. The molecule has 0 aromatic heterocycles. The van der Waals surface area contributed by atoms with Gasteiger partial charge in [0.2, 0.25) is 0 Å². The summed E-state index contributed by atoms with van der Waals surface area (Å²) < 4.78 is 5.13. The number of ether oxygens (including phenoxy) is 1. The van der Waals surface area contributed by atoms with Gasteiger partial charge in [0.1, 0.15) is 11.6 Å². The van der Waals surface area contributed by atoms with Gasteiger partial charge in [-0.15, -0.1) is 0 Å². The zero-order chi connectivity index (χ0) is 9.30. The molecule has 12 heavy (non-hydrogen) atoms. The van der Waals surface area contributed by atoms with E-state index in [9.17, 15) is 5.11 Å². The van der Waals surface area contributed by atoms with Crippen molar-refractivity contribution in [2.75, 3.05) is 0 Å². The first-order valence-corrected chi connectivity index (χ1v) is 3.61. The highest BCUT2D eigenvalue weighted by atomic mass is 16.5. The van der Waals surface area contributed by atoms with Crippen LogP contribution in [0.2, 0.25) is 0 Å². The monoisotopic (exact) mass is 168 g/mol. The zero-order valence-electron chi connectivity index (χ0n) is 7.09. The molecule has 4 N–H and O–H groups in total. The second-order valence-corrected chi connectivity index (χ2v) is 2.75. The number of allylic oxidation sites excluding steroid dienone is 2. The predicted octanol–water partition coefficient (Wildman–Crippen LogP) is 1.06. The average Bonchev–Trinajstić information content (AvgIpc) is 1.99. The standard InChI is InChI=1S/C8H12N2O2/c1-4-3-6(8(9)10)12-5(2)7(4)11/h3,6,11H,1-2H3,(H3,9,10). The van der Waals surface area contributed by atoms with Crippen molar-refractivity contribution in [3.63, 3.8) is 0 Å². The summed E-state index contributed by atoms with van der Waals surface area (Å²) in [5, 5.41) is 16.5. The molecular formula is C8H12N2O2. The van der Waals surface area contributed by atoms with Gasteiger partial charge in [-0.1, -0.05) is 0 Å². The minimum Gasteiger partial charge on any atom is -0.504 e. The lowest BCUT2D eigenvalue weighted by Crippen LogP contribution is -2.30. The average molecular weight is 168 g/mol. The largest absolute Gasteiger partial charge is 0.504 e. The van der Waals surface area contributed by atoms with Crippen LogP contribution in [0.25, 0.3) is 0 Å². The molecule has 1 aliphatic heterocycles. The molecule has 0 saturated heterocycles. The fourth-order valence-corrected chi connectivity index (χ4v) is 1.02. The van der Waals surface area contributed by atoms with Crippen LogP contribution in [0.15, 0.2) is 23.2 Å². The number of aliphatic hydroxyl groups is 1. The molecule has 0 spiro atoms. The van der Waals surface area contributed by atoms with Crippen LogP contribution in [0.5, 0.6) is 0 Å². The number of hydrogen-bond donors (Lipinski definition) is 3. The van der Waals surface area contributed by atoms with Crippen LogP contribution in [-0.2, 0) is 4.74 Å². The third-order valence-corrected chi connectivity index (χ3v) is 1.72. The van der Waals surface area contributed by atoms with E-state index in [1.807, 2.05) is 0 Å². The Bertz CT molecular complexity index is 279. The molecule has 1 unspecified atom stereocenters. The van der Waals surface area contributed by atoms with Gasteiger partial charge in [-0.2, -0.15) is 0 Å². The molecule has 0 aliphatic carbocycles. The van der Waals surface area contributed by atoms with Gasteiger partial charge >= 0.3 is 0 Å². The molecule has 0 aromatic rings. The molecule has 4 heteroatoms. The first-order chi connectivity index (χ1) is 5.52. The zero-order valence-corrected chi connectivity index (χ0v) is 7.09. The summed E-state index contributed by atoms with van der Waals surface area (Å²) in [5.41, 5.74) is 5.94. The third-order valence-electron chi connectivity index (χ3n) is 1.72. The highest BCUT2D eigenvalue weighted by Gasteiger charge is 2.19. The van der Waals surface area contributed by atoms with Crippen molar-refractivity contribution in [3.05, 3.63) is 23.2 Å². The van der Waals surface area contributed by atoms with Crippen molar-refractivity contribution in [1.82, 2.24) is 0 Å². The van der Waals surface area contributed by atoms with E-state index in [1.165, 1.54) is 0 Å². The molecule has 1 atom stereocenters. The number of amidine groups is 1. The maximum Gasteiger partial charge on any atom is 0.173 e. The van der Waals surface area contributed by atoms with Crippen molar-refractivity contribution in [1.29, 1.82) is 5.41 Å². The first kappa shape index (κ1) is 8.64. The first-order valence-electron chi connectivity index (χ1n) is 3.61. The van der Waals surface area contributed by atoms with E-state index in [0.717, 1.165) is 0 Å². The lowest BCUT2D eigenvalue weighted by molar-refractivity contribution is 0.176. The fraction of sp³-hybridized carbons (Fsp3) is 0.375. The van der Waals surface area contributed by atoms with E-state index in [0.29, 0.717) is 11.3 Å². The SMILES string of the molecule is CC1=CC(C(=N)N)OC(C)=C1O. The van der Waals surface area contributed by atoms with Crippen molar-refractivity contribution in [2.45, 2.75) is 20.0 Å². The van der Waals surface area contributed by atoms with Crippen LogP contribution >= 0.6 is 0 Å². The van der Waals surface area contributed by atoms with Gasteiger partial charge < -0.3 is 15.6 Å². The van der Waals surface area contributed by atoms with Crippen LogP contribution in [0.3, 0.4) is 0 Å². The molecule has 0 saturated carbocycles. The van der Waals surface area contributed by atoms with E-state index in [-0.39, 0.29) is 11.6 Å². The van der Waals surface area contributed by atoms with Gasteiger partial charge in [0, 0.05) is 0 Å². The molecular weight excluding hydrogens is 156 g/mol. The normalized spacial score (nSPS) is 23.2. The summed E-state index contributed by atoms with van der Waals surface area (Å²) >= 11 is 0. The summed E-state index contributed by atoms with van der Waals surface area (Å²) in [7, 11) is 0. The van der Waals surface area contributed by atoms with E-state index >= 15 is 0 Å². The van der Waals surface area contributed by atoms with E-state index in [4.69, 9.17) is 15.9 Å². The quantitative estimate of drug-likeness (QED) is 0.404. The topological polar surface area (TPSA) is 79.3 Å². The van der Waals surface area contributed by atoms with Crippen LogP contribution in [0.4, 0.5) is 0 Å². The van der Waals surface area contributed by atoms with Gasteiger partial charge in [0.05, 0.1) is 0 Å². The number of nitrogens with one attached hydrogen (secondary N) is 1. The van der Waals surface area contributed by atoms with Gasteiger partial charge in [0.25, 0.3) is 0 Å². The minimum absolute atomic E-state index is 0.0544. The Morgan fingerprint density at radius 3 is 2.67 bits per heavy atom. The highest BCUT2D eigenvalue weighted by molar-refractivity contribution is 5.84. The van der Waals surface area contributed by atoms with Crippen LogP contribution < -0.4 is 5.73 Å². The number of nitrogens with two attached hydrogens (primary N) is 1. The Hall–Kier alpha value is -1.45. The summed E-state index contributed by atoms with van der Waals surface area (Å²) in [6.45, 7) is 3.39. The van der Waals surface area contributed by atoms with Crippen LogP contribution in [0.1, 0.15) is 13.8 Å². The lowest BCUT2D eigenvalue weighted by atomic mass is 10.1. The molecule has 0 amide bonds. The molecule has 0 radical (unpaired) electrons. The van der Waals surface area contributed by atoms with Gasteiger partial charge in [-0.25, -0.2) is 0 Å².